The zero-order valence-corrected chi connectivity index (χ0v) is 15.7. The Morgan fingerprint density at radius 3 is 2.86 bits per heavy atom. The maximum atomic E-state index is 12.4. The number of thiazole rings is 1. The Hall–Kier alpha value is -3.85. The minimum atomic E-state index is -0.644. The van der Waals surface area contributed by atoms with Gasteiger partial charge < -0.3 is 4.74 Å². The number of aromatic nitrogens is 2. The highest BCUT2D eigenvalue weighted by molar-refractivity contribution is 7.23. The third kappa shape index (κ3) is 3.90. The molecule has 0 bridgehead atoms. The Kier molecular flexibility index (Phi) is 4.88. The molecule has 2 aromatic heterocycles. The molecule has 0 aliphatic heterocycles. The monoisotopic (exact) mass is 407 g/mol. The Bertz CT molecular complexity index is 1340. The van der Waals surface area contributed by atoms with E-state index in [4.69, 9.17) is 4.74 Å². The number of carbonyl (C=O) groups excluding carboxylic acids is 1. The summed E-state index contributed by atoms with van der Waals surface area (Å²) in [6, 6.07) is 14.7. The number of carbonyl (C=O) groups is 1. The fraction of sp³-hybridized carbons (Fsp3) is 0.0500. The molecule has 0 spiro atoms. The smallest absolute Gasteiger partial charge is 0.331 e. The summed E-state index contributed by atoms with van der Waals surface area (Å²) in [4.78, 5) is 39.6. The van der Waals surface area contributed by atoms with Crippen LogP contribution in [-0.4, -0.2) is 20.3 Å². The van der Waals surface area contributed by atoms with Gasteiger partial charge in [0, 0.05) is 24.3 Å². The van der Waals surface area contributed by atoms with Crippen LogP contribution in [0.2, 0.25) is 0 Å². The molecule has 0 radical (unpaired) electrons. The van der Waals surface area contributed by atoms with E-state index >= 15 is 0 Å². The fourth-order valence-corrected chi connectivity index (χ4v) is 3.85. The van der Waals surface area contributed by atoms with Crippen LogP contribution in [0.1, 0.15) is 11.3 Å². The first-order chi connectivity index (χ1) is 14.0. The SMILES string of the molecule is O=C(C=Cc1cccc([N+](=O)[O-])c1)OCc1cc(=O)n2c(n1)sc1ccccc12. The van der Waals surface area contributed by atoms with Gasteiger partial charge in [0.05, 0.1) is 20.8 Å². The Labute approximate surface area is 167 Å². The van der Waals surface area contributed by atoms with Gasteiger partial charge in [0.1, 0.15) is 6.61 Å². The molecular weight excluding hydrogens is 394 g/mol. The lowest BCUT2D eigenvalue weighted by Crippen LogP contribution is -2.14. The average Bonchev–Trinajstić information content (AvgIpc) is 3.09. The van der Waals surface area contributed by atoms with E-state index < -0.39 is 10.9 Å². The number of non-ortho nitro benzene ring substituents is 1. The van der Waals surface area contributed by atoms with Gasteiger partial charge in [-0.2, -0.15) is 0 Å². The number of nitro benzene ring substituents is 1. The van der Waals surface area contributed by atoms with Crippen molar-refractivity contribution in [3.8, 4) is 0 Å². The lowest BCUT2D eigenvalue weighted by molar-refractivity contribution is -0.384. The molecule has 0 saturated heterocycles. The molecule has 2 aromatic carbocycles. The predicted octanol–water partition coefficient (Wildman–Crippen LogP) is 3.57. The van der Waals surface area contributed by atoms with E-state index in [1.807, 2.05) is 24.3 Å². The van der Waals surface area contributed by atoms with Gasteiger partial charge in [-0.05, 0) is 23.8 Å². The van der Waals surface area contributed by atoms with Crippen LogP contribution in [0.5, 0.6) is 0 Å². The van der Waals surface area contributed by atoms with Crippen molar-refractivity contribution in [2.45, 2.75) is 6.61 Å². The standard InChI is InChI=1S/C20H13N3O5S/c24-18-11-14(21-20-22(18)16-6-1-2-7-17(16)29-20)12-28-19(25)9-8-13-4-3-5-15(10-13)23(26)27/h1-11H,12H2. The van der Waals surface area contributed by atoms with Crippen LogP contribution in [0, 0.1) is 10.1 Å². The number of nitro groups is 1. The van der Waals surface area contributed by atoms with Crippen molar-refractivity contribution in [2.24, 2.45) is 0 Å². The predicted molar refractivity (Wildman–Crippen MR) is 109 cm³/mol. The van der Waals surface area contributed by atoms with E-state index in [1.165, 1.54) is 52.2 Å². The number of esters is 1. The number of para-hydroxylation sites is 1. The number of hydrogen-bond donors (Lipinski definition) is 0. The Morgan fingerprint density at radius 2 is 2.03 bits per heavy atom. The van der Waals surface area contributed by atoms with Crippen LogP contribution in [0.4, 0.5) is 5.69 Å². The summed E-state index contributed by atoms with van der Waals surface area (Å²) >= 11 is 1.38. The largest absolute Gasteiger partial charge is 0.456 e. The fourth-order valence-electron chi connectivity index (χ4n) is 2.80. The normalized spacial score (nSPS) is 11.3. The van der Waals surface area contributed by atoms with Gasteiger partial charge in [0.25, 0.3) is 11.2 Å². The summed E-state index contributed by atoms with van der Waals surface area (Å²) in [6.07, 6.45) is 2.59. The summed E-state index contributed by atoms with van der Waals surface area (Å²) in [5, 5.41) is 10.8. The molecule has 0 fully saturated rings. The van der Waals surface area contributed by atoms with Crippen LogP contribution in [-0.2, 0) is 16.1 Å². The second-order valence-corrected chi connectivity index (χ2v) is 7.08. The number of benzene rings is 2. The average molecular weight is 407 g/mol. The molecular formula is C20H13N3O5S. The highest BCUT2D eigenvalue weighted by Gasteiger charge is 2.10. The van der Waals surface area contributed by atoms with E-state index in [1.54, 1.807) is 6.07 Å². The molecule has 4 rings (SSSR count). The molecule has 144 valence electrons. The number of ether oxygens (including phenoxy) is 1. The second kappa shape index (κ2) is 7.64. The van der Waals surface area contributed by atoms with Crippen molar-refractivity contribution >= 4 is 44.2 Å². The van der Waals surface area contributed by atoms with E-state index in [2.05, 4.69) is 4.98 Å². The van der Waals surface area contributed by atoms with Gasteiger partial charge in [0.15, 0.2) is 4.96 Å². The van der Waals surface area contributed by atoms with Crippen LogP contribution in [0.25, 0.3) is 21.3 Å². The second-order valence-electron chi connectivity index (χ2n) is 6.07. The van der Waals surface area contributed by atoms with Crippen molar-refractivity contribution in [3.05, 3.63) is 92.4 Å². The van der Waals surface area contributed by atoms with Crippen molar-refractivity contribution in [3.63, 3.8) is 0 Å². The van der Waals surface area contributed by atoms with Crippen molar-refractivity contribution in [1.82, 2.24) is 9.38 Å². The first-order valence-electron chi connectivity index (χ1n) is 8.51. The lowest BCUT2D eigenvalue weighted by Gasteiger charge is -2.02. The van der Waals surface area contributed by atoms with Crippen LogP contribution in [0.15, 0.2) is 65.5 Å². The molecule has 0 atom stereocenters. The number of fused-ring (bicyclic) bond motifs is 3. The van der Waals surface area contributed by atoms with Crippen molar-refractivity contribution in [1.29, 1.82) is 0 Å². The third-order valence-electron chi connectivity index (χ3n) is 4.10. The first-order valence-corrected chi connectivity index (χ1v) is 9.32. The molecule has 0 unspecified atom stereocenters. The minimum Gasteiger partial charge on any atom is -0.456 e. The summed E-state index contributed by atoms with van der Waals surface area (Å²) in [5.74, 6) is -0.644. The number of rotatable bonds is 5. The Balaban J connectivity index is 1.48. The quantitative estimate of drug-likeness (QED) is 0.217. The van der Waals surface area contributed by atoms with Gasteiger partial charge in [-0.3, -0.25) is 19.3 Å². The molecule has 0 aliphatic carbocycles. The van der Waals surface area contributed by atoms with E-state index in [9.17, 15) is 19.7 Å². The Morgan fingerprint density at radius 1 is 1.21 bits per heavy atom. The van der Waals surface area contributed by atoms with E-state index in [-0.39, 0.29) is 17.9 Å². The summed E-state index contributed by atoms with van der Waals surface area (Å²) in [6.45, 7) is -0.155. The topological polar surface area (TPSA) is 104 Å². The zero-order chi connectivity index (χ0) is 20.4. The van der Waals surface area contributed by atoms with Gasteiger partial charge in [0.2, 0.25) is 0 Å². The summed E-state index contributed by atoms with van der Waals surface area (Å²) in [7, 11) is 0. The summed E-state index contributed by atoms with van der Waals surface area (Å²) < 4.78 is 7.60. The van der Waals surface area contributed by atoms with Gasteiger partial charge >= 0.3 is 5.97 Å². The van der Waals surface area contributed by atoms with Crippen LogP contribution >= 0.6 is 11.3 Å². The number of hydrogen-bond acceptors (Lipinski definition) is 7. The van der Waals surface area contributed by atoms with Crippen LogP contribution in [0.3, 0.4) is 0 Å². The van der Waals surface area contributed by atoms with Gasteiger partial charge in [-0.25, -0.2) is 9.78 Å². The number of nitrogens with zero attached hydrogens (tertiary/aromatic N) is 3. The van der Waals surface area contributed by atoms with Crippen molar-refractivity contribution < 1.29 is 14.5 Å². The molecule has 4 aromatic rings. The highest BCUT2D eigenvalue weighted by atomic mass is 32.1. The van der Waals surface area contributed by atoms with E-state index in [0.29, 0.717) is 16.2 Å². The first kappa shape index (κ1) is 18.5. The van der Waals surface area contributed by atoms with Gasteiger partial charge in [-0.15, -0.1) is 0 Å². The van der Waals surface area contributed by atoms with Crippen molar-refractivity contribution in [2.75, 3.05) is 0 Å². The third-order valence-corrected chi connectivity index (χ3v) is 5.13. The summed E-state index contributed by atoms with van der Waals surface area (Å²) in [5.41, 5.74) is 1.32. The minimum absolute atomic E-state index is 0.0678. The molecule has 0 aliphatic rings. The highest BCUT2D eigenvalue weighted by Crippen LogP contribution is 2.23. The van der Waals surface area contributed by atoms with Crippen LogP contribution < -0.4 is 5.56 Å². The molecule has 2 heterocycles. The van der Waals surface area contributed by atoms with E-state index in [0.717, 1.165) is 10.2 Å². The lowest BCUT2D eigenvalue weighted by atomic mass is 10.2. The zero-order valence-electron chi connectivity index (χ0n) is 14.8. The molecule has 0 saturated carbocycles. The molecule has 8 nitrogen and oxygen atoms in total. The maximum absolute atomic E-state index is 12.4. The molecule has 0 amide bonds. The molecule has 29 heavy (non-hydrogen) atoms. The molecule has 0 N–H and O–H groups in total. The maximum Gasteiger partial charge on any atom is 0.331 e. The molecule has 9 heteroatoms. The van der Waals surface area contributed by atoms with Gasteiger partial charge in [-0.1, -0.05) is 35.6 Å².